The third-order valence-electron chi connectivity index (χ3n) is 2.49. The number of rotatable bonds is 2. The summed E-state index contributed by atoms with van der Waals surface area (Å²) < 4.78 is 79.1. The van der Waals surface area contributed by atoms with Gasteiger partial charge in [0.1, 0.15) is 23.0 Å². The van der Waals surface area contributed by atoms with Crippen LogP contribution in [0.1, 0.15) is 0 Å². The summed E-state index contributed by atoms with van der Waals surface area (Å²) in [5.74, 6) is -7.45. The summed E-state index contributed by atoms with van der Waals surface area (Å²) in [6.07, 6.45) is 0. The van der Waals surface area contributed by atoms with E-state index in [0.717, 1.165) is 0 Å². The number of anilines is 2. The third-order valence-corrected chi connectivity index (χ3v) is 2.69. The molecule has 2 N–H and O–H groups in total. The van der Waals surface area contributed by atoms with Crippen molar-refractivity contribution in [2.24, 2.45) is 0 Å². The first-order chi connectivity index (χ1) is 10.3. The fourth-order valence-electron chi connectivity index (χ4n) is 1.58. The normalized spacial score (nSPS) is 10.5. The second kappa shape index (κ2) is 6.22. The molecule has 0 heterocycles. The topological polar surface area (TPSA) is 24.1 Å². The van der Waals surface area contributed by atoms with Gasteiger partial charge in [0.15, 0.2) is 28.4 Å². The Morgan fingerprint density at radius 2 is 0.909 bits per heavy atom. The SMILES string of the molecule is Fc1cc(F)c(NC(=S)Nc2c(F)cc(F)cc2F)c(F)c1. The first-order valence-electron chi connectivity index (χ1n) is 5.65. The molecule has 0 aliphatic rings. The van der Waals surface area contributed by atoms with Crippen LogP contribution >= 0.6 is 12.2 Å². The average molecular weight is 336 g/mol. The molecule has 0 saturated carbocycles. The van der Waals surface area contributed by atoms with Crippen molar-refractivity contribution in [1.82, 2.24) is 0 Å². The van der Waals surface area contributed by atoms with Crippen LogP contribution in [0.5, 0.6) is 0 Å². The van der Waals surface area contributed by atoms with E-state index in [9.17, 15) is 26.3 Å². The first kappa shape index (κ1) is 16.1. The molecule has 0 aliphatic carbocycles. The van der Waals surface area contributed by atoms with Crippen LogP contribution in [0.25, 0.3) is 0 Å². The maximum absolute atomic E-state index is 13.4. The molecule has 0 saturated heterocycles. The summed E-state index contributed by atoms with van der Waals surface area (Å²) in [4.78, 5) is 0. The van der Waals surface area contributed by atoms with Crippen LogP contribution in [0.3, 0.4) is 0 Å². The highest BCUT2D eigenvalue weighted by Gasteiger charge is 2.16. The Morgan fingerprint density at radius 1 is 0.636 bits per heavy atom. The van der Waals surface area contributed by atoms with Crippen LogP contribution in [-0.4, -0.2) is 5.11 Å². The van der Waals surface area contributed by atoms with Crippen LogP contribution in [-0.2, 0) is 0 Å². The molecule has 0 amide bonds. The van der Waals surface area contributed by atoms with Gasteiger partial charge < -0.3 is 10.6 Å². The fourth-order valence-corrected chi connectivity index (χ4v) is 1.79. The van der Waals surface area contributed by atoms with E-state index < -0.39 is 51.4 Å². The van der Waals surface area contributed by atoms with Gasteiger partial charge in [-0.15, -0.1) is 0 Å². The Kier molecular flexibility index (Phi) is 4.55. The number of benzene rings is 2. The maximum Gasteiger partial charge on any atom is 0.175 e. The highest BCUT2D eigenvalue weighted by atomic mass is 32.1. The molecule has 0 radical (unpaired) electrons. The molecule has 0 spiro atoms. The van der Waals surface area contributed by atoms with Crippen molar-refractivity contribution in [1.29, 1.82) is 0 Å². The second-order valence-electron chi connectivity index (χ2n) is 4.07. The monoisotopic (exact) mass is 336 g/mol. The van der Waals surface area contributed by atoms with E-state index in [-0.39, 0.29) is 0 Å². The van der Waals surface area contributed by atoms with Crippen molar-refractivity contribution in [2.45, 2.75) is 0 Å². The lowest BCUT2D eigenvalue weighted by molar-refractivity contribution is 0.549. The Labute approximate surface area is 125 Å². The van der Waals surface area contributed by atoms with Gasteiger partial charge in [-0.3, -0.25) is 0 Å². The molecule has 2 rings (SSSR count). The highest BCUT2D eigenvalue weighted by molar-refractivity contribution is 7.80. The van der Waals surface area contributed by atoms with Crippen molar-refractivity contribution < 1.29 is 26.3 Å². The predicted molar refractivity (Wildman–Crippen MR) is 72.5 cm³/mol. The molecule has 0 bridgehead atoms. The van der Waals surface area contributed by atoms with Crippen molar-refractivity contribution in [3.63, 3.8) is 0 Å². The maximum atomic E-state index is 13.4. The third kappa shape index (κ3) is 3.48. The van der Waals surface area contributed by atoms with Crippen molar-refractivity contribution in [3.8, 4) is 0 Å². The lowest BCUT2D eigenvalue weighted by atomic mass is 10.2. The summed E-state index contributed by atoms with van der Waals surface area (Å²) in [5.41, 5.74) is -1.61. The van der Waals surface area contributed by atoms with Gasteiger partial charge in [0, 0.05) is 24.3 Å². The van der Waals surface area contributed by atoms with E-state index in [0.29, 0.717) is 24.3 Å². The summed E-state index contributed by atoms with van der Waals surface area (Å²) in [6.45, 7) is 0. The summed E-state index contributed by atoms with van der Waals surface area (Å²) in [6, 6.07) is 1.58. The number of nitrogens with one attached hydrogen (secondary N) is 2. The van der Waals surface area contributed by atoms with Crippen LogP contribution in [0, 0.1) is 34.9 Å². The predicted octanol–water partition coefficient (Wildman–Crippen LogP) is 4.33. The number of halogens is 6. The van der Waals surface area contributed by atoms with E-state index in [1.54, 1.807) is 0 Å². The van der Waals surface area contributed by atoms with Gasteiger partial charge in [0.2, 0.25) is 0 Å². The first-order valence-corrected chi connectivity index (χ1v) is 6.06. The van der Waals surface area contributed by atoms with E-state index in [1.165, 1.54) is 0 Å². The molecule has 2 nitrogen and oxygen atoms in total. The average Bonchev–Trinajstić information content (AvgIpc) is 2.38. The zero-order valence-electron chi connectivity index (χ0n) is 10.5. The Hall–Kier alpha value is -2.29. The molecule has 0 aliphatic heterocycles. The van der Waals surface area contributed by atoms with Crippen LogP contribution in [0.15, 0.2) is 24.3 Å². The minimum Gasteiger partial charge on any atom is -0.328 e. The number of hydrogen-bond acceptors (Lipinski definition) is 1. The van der Waals surface area contributed by atoms with Gasteiger partial charge in [0.25, 0.3) is 0 Å². The zero-order chi connectivity index (χ0) is 16.4. The zero-order valence-corrected chi connectivity index (χ0v) is 11.3. The largest absolute Gasteiger partial charge is 0.328 e. The van der Waals surface area contributed by atoms with Crippen molar-refractivity contribution >= 4 is 28.7 Å². The van der Waals surface area contributed by atoms with Crippen LogP contribution < -0.4 is 10.6 Å². The van der Waals surface area contributed by atoms with E-state index in [2.05, 4.69) is 12.2 Å². The molecule has 116 valence electrons. The lowest BCUT2D eigenvalue weighted by Crippen LogP contribution is -2.22. The Balaban J connectivity index is 2.22. The smallest absolute Gasteiger partial charge is 0.175 e. The fraction of sp³-hybridized carbons (Fsp3) is 0. The van der Waals surface area contributed by atoms with Gasteiger partial charge in [0.05, 0.1) is 0 Å². The molecule has 0 unspecified atom stereocenters. The van der Waals surface area contributed by atoms with E-state index in [4.69, 9.17) is 0 Å². The molecule has 9 heteroatoms. The summed E-state index contributed by atoms with van der Waals surface area (Å²) in [7, 11) is 0. The van der Waals surface area contributed by atoms with E-state index in [1.807, 2.05) is 10.6 Å². The molecule has 0 fully saturated rings. The molecule has 2 aromatic rings. The molecular formula is C13H6F6N2S. The quantitative estimate of drug-likeness (QED) is 0.631. The number of hydrogen-bond donors (Lipinski definition) is 2. The van der Waals surface area contributed by atoms with Crippen LogP contribution in [0.2, 0.25) is 0 Å². The minimum atomic E-state index is -1.29. The van der Waals surface area contributed by atoms with Gasteiger partial charge in [-0.05, 0) is 12.2 Å². The summed E-state index contributed by atoms with van der Waals surface area (Å²) in [5, 5.41) is 3.42. The molecule has 22 heavy (non-hydrogen) atoms. The second-order valence-corrected chi connectivity index (χ2v) is 4.48. The van der Waals surface area contributed by atoms with Crippen molar-refractivity contribution in [2.75, 3.05) is 10.6 Å². The number of thiocarbonyl (C=S) groups is 1. The Bertz CT molecular complexity index is 642. The van der Waals surface area contributed by atoms with Crippen LogP contribution in [0.4, 0.5) is 37.7 Å². The molecule has 0 atom stereocenters. The Morgan fingerprint density at radius 3 is 1.18 bits per heavy atom. The van der Waals surface area contributed by atoms with Gasteiger partial charge in [-0.1, -0.05) is 0 Å². The summed E-state index contributed by atoms with van der Waals surface area (Å²) >= 11 is 4.65. The molecular weight excluding hydrogens is 330 g/mol. The van der Waals surface area contributed by atoms with Gasteiger partial charge >= 0.3 is 0 Å². The lowest BCUT2D eigenvalue weighted by Gasteiger charge is -2.13. The minimum absolute atomic E-state index is 0.396. The molecule has 2 aromatic carbocycles. The standard InChI is InChI=1S/C13H6F6N2S/c14-5-1-7(16)11(8(17)2-5)20-13(22)21-12-9(18)3-6(15)4-10(12)19/h1-4H,(H2,20,21,22). The van der Waals surface area contributed by atoms with Gasteiger partial charge in [-0.2, -0.15) is 0 Å². The highest BCUT2D eigenvalue weighted by Crippen LogP contribution is 2.23. The molecule has 0 aromatic heterocycles. The van der Waals surface area contributed by atoms with E-state index >= 15 is 0 Å². The van der Waals surface area contributed by atoms with Crippen molar-refractivity contribution in [3.05, 3.63) is 59.2 Å². The van der Waals surface area contributed by atoms with Gasteiger partial charge in [-0.25, -0.2) is 26.3 Å².